The van der Waals surface area contributed by atoms with Crippen LogP contribution in [0.5, 0.6) is 0 Å². The van der Waals surface area contributed by atoms with E-state index in [2.05, 4.69) is 15.6 Å². The molecule has 9 heteroatoms. The van der Waals surface area contributed by atoms with Crippen LogP contribution in [0.1, 0.15) is 65.6 Å². The fourth-order valence-corrected chi connectivity index (χ4v) is 5.29. The summed E-state index contributed by atoms with van der Waals surface area (Å²) in [5, 5.41) is 16.2. The lowest BCUT2D eigenvalue weighted by Crippen LogP contribution is -2.58. The van der Waals surface area contributed by atoms with Crippen LogP contribution in [0.4, 0.5) is 0 Å². The van der Waals surface area contributed by atoms with Crippen LogP contribution >= 0.6 is 11.3 Å². The smallest absolute Gasteiger partial charge is 0.246 e. The maximum Gasteiger partial charge on any atom is 0.246 e. The number of benzene rings is 1. The molecule has 1 aromatic carbocycles. The Morgan fingerprint density at radius 2 is 1.78 bits per heavy atom. The number of hydrogen-bond acceptors (Lipinski definition) is 6. The average molecular weight is 529 g/mol. The summed E-state index contributed by atoms with van der Waals surface area (Å²) in [5.74, 6) is -0.879. The van der Waals surface area contributed by atoms with Crippen molar-refractivity contribution >= 4 is 29.1 Å². The van der Waals surface area contributed by atoms with Gasteiger partial charge in [-0.15, -0.1) is 11.3 Å². The number of nitrogens with one attached hydrogen (secondary N) is 2. The van der Waals surface area contributed by atoms with E-state index in [1.807, 2.05) is 78.2 Å². The van der Waals surface area contributed by atoms with Gasteiger partial charge in [-0.2, -0.15) is 0 Å². The minimum absolute atomic E-state index is 0.0571. The van der Waals surface area contributed by atoms with Crippen molar-refractivity contribution in [2.75, 3.05) is 6.54 Å². The molecule has 37 heavy (non-hydrogen) atoms. The van der Waals surface area contributed by atoms with Crippen molar-refractivity contribution in [1.82, 2.24) is 20.5 Å². The molecule has 1 aromatic heterocycles. The molecule has 3 N–H and O–H groups in total. The number of thiazole rings is 1. The van der Waals surface area contributed by atoms with E-state index in [4.69, 9.17) is 0 Å². The number of rotatable bonds is 7. The number of nitrogens with zero attached hydrogens (tertiary/aromatic N) is 2. The van der Waals surface area contributed by atoms with E-state index < -0.39 is 23.6 Å². The Morgan fingerprint density at radius 3 is 2.32 bits per heavy atom. The van der Waals surface area contributed by atoms with Crippen molar-refractivity contribution < 1.29 is 19.5 Å². The first kappa shape index (κ1) is 28.8. The van der Waals surface area contributed by atoms with Crippen LogP contribution in [0.25, 0.3) is 10.4 Å². The fraction of sp³-hybridized carbons (Fsp3) is 0.571. The minimum atomic E-state index is -0.814. The van der Waals surface area contributed by atoms with Gasteiger partial charge in [-0.05, 0) is 28.9 Å². The van der Waals surface area contributed by atoms with E-state index >= 15 is 0 Å². The van der Waals surface area contributed by atoms with Crippen molar-refractivity contribution in [2.45, 2.75) is 86.0 Å². The van der Waals surface area contributed by atoms with E-state index in [1.165, 1.54) is 4.90 Å². The van der Waals surface area contributed by atoms with Crippen LogP contribution in [0, 0.1) is 17.8 Å². The highest BCUT2D eigenvalue weighted by atomic mass is 32.1. The van der Waals surface area contributed by atoms with Crippen molar-refractivity contribution in [3.8, 4) is 10.4 Å². The zero-order chi connectivity index (χ0) is 27.5. The van der Waals surface area contributed by atoms with E-state index in [9.17, 15) is 19.5 Å². The maximum atomic E-state index is 13.6. The Bertz CT molecular complexity index is 1110. The number of carbonyl (C=O) groups is 3. The summed E-state index contributed by atoms with van der Waals surface area (Å²) in [6.45, 7) is 13.9. The Kier molecular flexibility index (Phi) is 8.80. The number of aromatic nitrogens is 1. The number of carbonyl (C=O) groups excluding carboxylic acids is 3. The highest BCUT2D eigenvalue weighted by Crippen LogP contribution is 2.28. The largest absolute Gasteiger partial charge is 0.391 e. The van der Waals surface area contributed by atoms with E-state index in [0.717, 1.165) is 21.7 Å². The predicted molar refractivity (Wildman–Crippen MR) is 146 cm³/mol. The van der Waals surface area contributed by atoms with Crippen LogP contribution in [0.2, 0.25) is 0 Å². The molecule has 8 nitrogen and oxygen atoms in total. The highest BCUT2D eigenvalue weighted by molar-refractivity contribution is 7.13. The Hall–Kier alpha value is -2.78. The van der Waals surface area contributed by atoms with Gasteiger partial charge in [0.15, 0.2) is 0 Å². The molecule has 3 unspecified atom stereocenters. The number of amides is 3. The molecule has 0 radical (unpaired) electrons. The van der Waals surface area contributed by atoms with Crippen LogP contribution < -0.4 is 10.6 Å². The van der Waals surface area contributed by atoms with Crippen molar-refractivity contribution in [3.05, 3.63) is 41.0 Å². The van der Waals surface area contributed by atoms with Gasteiger partial charge >= 0.3 is 0 Å². The van der Waals surface area contributed by atoms with E-state index in [1.54, 1.807) is 11.3 Å². The number of aliphatic hydroxyl groups is 1. The SMILES string of the molecule is Cc1ncsc1-c1ccc(CNC(=O)C2CC(O)CN2C(=O)C(NC(=O)CC(C)(C)C)C(C)(C)C)cc1. The summed E-state index contributed by atoms with van der Waals surface area (Å²) < 4.78 is 0. The molecule has 3 rings (SSSR count). The molecule has 0 bridgehead atoms. The standard InChI is InChI=1S/C28H40N4O4S/c1-17-23(37-16-30-17)19-10-8-18(9-11-19)14-29-25(35)21-12-20(33)15-32(21)26(36)24(28(5,6)7)31-22(34)13-27(2,3)4/h8-11,16,20-21,24,33H,12-15H2,1-7H3,(H,29,35)(H,31,34). The lowest BCUT2D eigenvalue weighted by molar-refractivity contribution is -0.144. The molecule has 2 aromatic rings. The topological polar surface area (TPSA) is 112 Å². The molecule has 202 valence electrons. The Morgan fingerprint density at radius 1 is 1.14 bits per heavy atom. The van der Waals surface area contributed by atoms with Crippen molar-refractivity contribution in [3.63, 3.8) is 0 Å². The van der Waals surface area contributed by atoms with Gasteiger partial charge in [-0.25, -0.2) is 4.98 Å². The molecule has 1 aliphatic rings. The first-order valence-corrected chi connectivity index (χ1v) is 13.6. The Labute approximate surface area is 223 Å². The maximum absolute atomic E-state index is 13.6. The second kappa shape index (κ2) is 11.3. The number of aliphatic hydroxyl groups excluding tert-OH is 1. The van der Waals surface area contributed by atoms with Gasteiger partial charge in [0.25, 0.3) is 0 Å². The molecule has 3 atom stereocenters. The first-order chi connectivity index (χ1) is 17.2. The molecule has 3 amide bonds. The van der Waals surface area contributed by atoms with Crippen LogP contribution in [0.3, 0.4) is 0 Å². The quantitative estimate of drug-likeness (QED) is 0.508. The van der Waals surface area contributed by atoms with Crippen molar-refractivity contribution in [1.29, 1.82) is 0 Å². The summed E-state index contributed by atoms with van der Waals surface area (Å²) in [7, 11) is 0. The van der Waals surface area contributed by atoms with E-state index in [-0.39, 0.29) is 42.5 Å². The second-order valence-electron chi connectivity index (χ2n) is 12.2. The van der Waals surface area contributed by atoms with Crippen LogP contribution in [0.15, 0.2) is 29.8 Å². The predicted octanol–water partition coefficient (Wildman–Crippen LogP) is 3.66. The lowest BCUT2D eigenvalue weighted by atomic mass is 9.84. The third-order valence-electron chi connectivity index (χ3n) is 6.40. The molecule has 1 aliphatic heterocycles. The van der Waals surface area contributed by atoms with Crippen LogP contribution in [-0.4, -0.2) is 57.4 Å². The van der Waals surface area contributed by atoms with Gasteiger partial charge in [-0.3, -0.25) is 14.4 Å². The zero-order valence-electron chi connectivity index (χ0n) is 22.9. The third kappa shape index (κ3) is 7.61. The molecule has 1 saturated heterocycles. The summed E-state index contributed by atoms with van der Waals surface area (Å²) in [6.07, 6.45) is -0.359. The molecular formula is C28H40N4O4S. The normalized spacial score (nSPS) is 19.0. The first-order valence-electron chi connectivity index (χ1n) is 12.7. The summed E-state index contributed by atoms with van der Waals surface area (Å²) in [4.78, 5) is 46.3. The minimum Gasteiger partial charge on any atom is -0.391 e. The number of aryl methyl sites for hydroxylation is 1. The molecule has 0 aliphatic carbocycles. The Balaban J connectivity index is 1.68. The highest BCUT2D eigenvalue weighted by Gasteiger charge is 2.44. The fourth-order valence-electron chi connectivity index (χ4n) is 4.47. The number of β-amino-alcohol motifs (C(OH)–C–C–N with tert-alkyl or cyclic N) is 1. The van der Waals surface area contributed by atoms with Crippen molar-refractivity contribution in [2.24, 2.45) is 10.8 Å². The van der Waals surface area contributed by atoms with Gasteiger partial charge in [0, 0.05) is 25.9 Å². The van der Waals surface area contributed by atoms with Crippen LogP contribution in [-0.2, 0) is 20.9 Å². The molecule has 2 heterocycles. The number of hydrogen-bond donors (Lipinski definition) is 3. The van der Waals surface area contributed by atoms with E-state index in [0.29, 0.717) is 6.54 Å². The third-order valence-corrected chi connectivity index (χ3v) is 7.38. The summed E-state index contributed by atoms with van der Waals surface area (Å²) in [5.41, 5.74) is 4.02. The molecule has 1 fully saturated rings. The molecule has 0 saturated carbocycles. The average Bonchev–Trinajstić information content (AvgIpc) is 3.39. The molecule has 0 spiro atoms. The van der Waals surface area contributed by atoms with Gasteiger partial charge in [-0.1, -0.05) is 65.8 Å². The second-order valence-corrected chi connectivity index (χ2v) is 13.0. The zero-order valence-corrected chi connectivity index (χ0v) is 23.7. The summed E-state index contributed by atoms with van der Waals surface area (Å²) in [6, 6.07) is 6.32. The lowest BCUT2D eigenvalue weighted by Gasteiger charge is -2.35. The monoisotopic (exact) mass is 528 g/mol. The van der Waals surface area contributed by atoms with Gasteiger partial charge in [0.2, 0.25) is 17.7 Å². The summed E-state index contributed by atoms with van der Waals surface area (Å²) >= 11 is 1.59. The van der Waals surface area contributed by atoms with Gasteiger partial charge in [0.1, 0.15) is 12.1 Å². The van der Waals surface area contributed by atoms with Gasteiger partial charge < -0.3 is 20.6 Å². The molecular weight excluding hydrogens is 488 g/mol. The number of likely N-dealkylation sites (tertiary alicyclic amines) is 1. The van der Waals surface area contributed by atoms with Gasteiger partial charge in [0.05, 0.1) is 22.2 Å².